The maximum Gasteiger partial charge on any atom is 0.417 e. The van der Waals surface area contributed by atoms with Gasteiger partial charge in [0.15, 0.2) is 0 Å². The van der Waals surface area contributed by atoms with Crippen LogP contribution in [0.5, 0.6) is 5.88 Å². The maximum absolute atomic E-state index is 13.5. The predicted molar refractivity (Wildman–Crippen MR) is 121 cm³/mol. The zero-order valence-electron chi connectivity index (χ0n) is 18.0. The third-order valence-corrected chi connectivity index (χ3v) is 6.87. The Morgan fingerprint density at radius 3 is 2.46 bits per heavy atom. The highest BCUT2D eigenvalue weighted by atomic mass is 35.5. The smallest absolute Gasteiger partial charge is 0.417 e. The first-order chi connectivity index (χ1) is 16.4. The Morgan fingerprint density at radius 1 is 1.11 bits per heavy atom. The zero-order chi connectivity index (χ0) is 26.0. The van der Waals surface area contributed by atoms with Crippen LogP contribution in [0.4, 0.5) is 18.9 Å². The lowest BCUT2D eigenvalue weighted by atomic mass is 10.1. The lowest BCUT2D eigenvalue weighted by molar-refractivity contribution is -0.137. The Balaban J connectivity index is 2.22. The summed E-state index contributed by atoms with van der Waals surface area (Å²) in [4.78, 5) is 20.5. The Hall–Kier alpha value is -2.93. The van der Waals surface area contributed by atoms with Crippen LogP contribution in [0.1, 0.15) is 21.6 Å². The normalized spacial score (nSPS) is 11.9. The number of nitrogens with zero attached hydrogens (tertiary/aromatic N) is 3. The van der Waals surface area contributed by atoms with Gasteiger partial charge in [-0.25, -0.2) is 22.7 Å². The standard InChI is InChI=1S/C21H16Cl2F3N3O5S/c1-33-11-29(35(31,32)13-5-6-16(23)15(9-13)21(24,25)26)17-8-12(22)10-28-18(17)19(30)14-4-3-7-27-20(14)34-2/h3-10H,11H2,1-2H3. The van der Waals surface area contributed by atoms with Gasteiger partial charge in [-0.3, -0.25) is 4.79 Å². The van der Waals surface area contributed by atoms with E-state index in [2.05, 4.69) is 9.97 Å². The molecule has 186 valence electrons. The molecule has 0 saturated heterocycles. The number of hydrogen-bond acceptors (Lipinski definition) is 7. The number of alkyl halides is 3. The molecule has 0 aliphatic carbocycles. The fourth-order valence-electron chi connectivity index (χ4n) is 3.04. The van der Waals surface area contributed by atoms with Crippen molar-refractivity contribution in [2.24, 2.45) is 0 Å². The number of anilines is 1. The summed E-state index contributed by atoms with van der Waals surface area (Å²) in [6.07, 6.45) is -2.42. The molecule has 2 heterocycles. The number of sulfonamides is 1. The maximum atomic E-state index is 13.5. The number of pyridine rings is 2. The average Bonchev–Trinajstić information content (AvgIpc) is 2.81. The van der Waals surface area contributed by atoms with Crippen LogP contribution < -0.4 is 9.04 Å². The summed E-state index contributed by atoms with van der Waals surface area (Å²) in [7, 11) is -2.29. The first-order valence-electron chi connectivity index (χ1n) is 9.49. The molecular weight excluding hydrogens is 534 g/mol. The average molecular weight is 550 g/mol. The number of rotatable bonds is 8. The number of methoxy groups -OCH3 is 2. The molecule has 0 radical (unpaired) electrons. The summed E-state index contributed by atoms with van der Waals surface area (Å²) in [5.74, 6) is -0.820. The van der Waals surface area contributed by atoms with Crippen molar-refractivity contribution in [3.05, 3.63) is 75.7 Å². The highest BCUT2D eigenvalue weighted by molar-refractivity contribution is 7.92. The van der Waals surface area contributed by atoms with E-state index in [0.29, 0.717) is 10.4 Å². The van der Waals surface area contributed by atoms with Gasteiger partial charge in [0.2, 0.25) is 11.7 Å². The molecule has 14 heteroatoms. The molecule has 0 bridgehead atoms. The molecule has 2 aromatic heterocycles. The second kappa shape index (κ2) is 10.4. The minimum atomic E-state index is -4.91. The molecule has 0 fully saturated rings. The molecule has 3 rings (SSSR count). The Morgan fingerprint density at radius 2 is 1.83 bits per heavy atom. The number of hydrogen-bond donors (Lipinski definition) is 0. The van der Waals surface area contributed by atoms with Gasteiger partial charge < -0.3 is 9.47 Å². The van der Waals surface area contributed by atoms with Gasteiger partial charge >= 0.3 is 6.18 Å². The van der Waals surface area contributed by atoms with E-state index in [1.807, 2.05) is 0 Å². The number of carbonyl (C=O) groups is 1. The fraction of sp³-hybridized carbons (Fsp3) is 0.190. The van der Waals surface area contributed by atoms with Gasteiger partial charge in [0.1, 0.15) is 12.4 Å². The third-order valence-electron chi connectivity index (χ3n) is 4.60. The number of ketones is 1. The Bertz CT molecular complexity index is 1370. The van der Waals surface area contributed by atoms with E-state index in [0.717, 1.165) is 31.5 Å². The van der Waals surface area contributed by atoms with Crippen molar-refractivity contribution in [3.63, 3.8) is 0 Å². The van der Waals surface area contributed by atoms with Crippen LogP contribution in [-0.2, 0) is 20.9 Å². The monoisotopic (exact) mass is 549 g/mol. The van der Waals surface area contributed by atoms with Crippen molar-refractivity contribution in [2.75, 3.05) is 25.3 Å². The molecule has 8 nitrogen and oxygen atoms in total. The molecule has 1 aromatic carbocycles. The predicted octanol–water partition coefficient (Wildman–Crippen LogP) is 4.84. The van der Waals surface area contributed by atoms with E-state index in [1.54, 1.807) is 0 Å². The summed E-state index contributed by atoms with van der Waals surface area (Å²) in [6.45, 7) is -0.682. The molecular formula is C21H16Cl2F3N3O5S. The third kappa shape index (κ3) is 5.50. The van der Waals surface area contributed by atoms with E-state index in [9.17, 15) is 26.4 Å². The van der Waals surface area contributed by atoms with Gasteiger partial charge in [-0.05, 0) is 36.4 Å². The second-order valence-electron chi connectivity index (χ2n) is 6.82. The first kappa shape index (κ1) is 26.7. The fourth-order valence-corrected chi connectivity index (χ4v) is 4.82. The lowest BCUT2D eigenvalue weighted by Crippen LogP contribution is -2.34. The van der Waals surface area contributed by atoms with Crippen LogP contribution in [0, 0.1) is 0 Å². The zero-order valence-corrected chi connectivity index (χ0v) is 20.3. The molecule has 35 heavy (non-hydrogen) atoms. The second-order valence-corrected chi connectivity index (χ2v) is 9.53. The van der Waals surface area contributed by atoms with Crippen LogP contribution in [-0.4, -0.2) is 45.1 Å². The molecule has 0 unspecified atom stereocenters. The minimum Gasteiger partial charge on any atom is -0.480 e. The van der Waals surface area contributed by atoms with Gasteiger partial charge in [0.05, 0.1) is 38.9 Å². The minimum absolute atomic E-state index is 0.0355. The molecule has 0 atom stereocenters. The number of ether oxygens (including phenoxy) is 2. The summed E-state index contributed by atoms with van der Waals surface area (Å²) in [5.41, 5.74) is -2.10. The molecule has 0 spiro atoms. The molecule has 0 aliphatic heterocycles. The van der Waals surface area contributed by atoms with E-state index in [4.69, 9.17) is 32.7 Å². The van der Waals surface area contributed by atoms with Gasteiger partial charge in [-0.2, -0.15) is 13.2 Å². The van der Waals surface area contributed by atoms with Gasteiger partial charge in [0, 0.05) is 19.5 Å². The Labute approximate surface area is 208 Å². The quantitative estimate of drug-likeness (QED) is 0.293. The van der Waals surface area contributed by atoms with Crippen molar-refractivity contribution < 1.29 is 35.9 Å². The Kier molecular flexibility index (Phi) is 7.90. The summed E-state index contributed by atoms with van der Waals surface area (Å²) >= 11 is 11.7. The van der Waals surface area contributed by atoms with Crippen molar-refractivity contribution in [1.82, 2.24) is 9.97 Å². The van der Waals surface area contributed by atoms with E-state index in [1.165, 1.54) is 25.4 Å². The molecule has 0 saturated carbocycles. The SMILES string of the molecule is COCN(c1cc(Cl)cnc1C(=O)c1cccnc1OC)S(=O)(=O)c1ccc(Cl)c(C(F)(F)F)c1. The van der Waals surface area contributed by atoms with Crippen LogP contribution in [0.15, 0.2) is 53.7 Å². The van der Waals surface area contributed by atoms with Crippen LogP contribution in [0.2, 0.25) is 10.0 Å². The highest BCUT2D eigenvalue weighted by Gasteiger charge is 2.37. The van der Waals surface area contributed by atoms with Crippen LogP contribution in [0.3, 0.4) is 0 Å². The lowest BCUT2D eigenvalue weighted by Gasteiger charge is -2.25. The molecule has 0 N–H and O–H groups in total. The molecule has 3 aromatic rings. The molecule has 0 aliphatic rings. The highest BCUT2D eigenvalue weighted by Crippen LogP contribution is 2.37. The van der Waals surface area contributed by atoms with E-state index >= 15 is 0 Å². The van der Waals surface area contributed by atoms with E-state index < -0.39 is 44.2 Å². The van der Waals surface area contributed by atoms with Gasteiger partial charge in [-0.1, -0.05) is 23.2 Å². The number of halogens is 5. The van der Waals surface area contributed by atoms with Crippen molar-refractivity contribution in [3.8, 4) is 5.88 Å². The van der Waals surface area contributed by atoms with Crippen molar-refractivity contribution in [2.45, 2.75) is 11.1 Å². The van der Waals surface area contributed by atoms with Gasteiger partial charge in [-0.15, -0.1) is 0 Å². The van der Waals surface area contributed by atoms with E-state index in [-0.39, 0.29) is 27.8 Å². The number of aromatic nitrogens is 2. The molecule has 0 amide bonds. The van der Waals surface area contributed by atoms with Crippen molar-refractivity contribution >= 4 is 44.7 Å². The topological polar surface area (TPSA) is 98.7 Å². The summed E-state index contributed by atoms with van der Waals surface area (Å²) < 4.78 is 77.7. The van der Waals surface area contributed by atoms with Gasteiger partial charge in [0.25, 0.3) is 10.0 Å². The van der Waals surface area contributed by atoms with Crippen molar-refractivity contribution in [1.29, 1.82) is 0 Å². The largest absolute Gasteiger partial charge is 0.480 e. The number of benzene rings is 1. The summed E-state index contributed by atoms with van der Waals surface area (Å²) in [5, 5.41) is -0.725. The first-order valence-corrected chi connectivity index (χ1v) is 11.7. The number of carbonyl (C=O) groups excluding carboxylic acids is 1. The van der Waals surface area contributed by atoms with Crippen LogP contribution >= 0.6 is 23.2 Å². The van der Waals surface area contributed by atoms with Crippen LogP contribution in [0.25, 0.3) is 0 Å². The summed E-state index contributed by atoms with van der Waals surface area (Å²) in [6, 6.07) is 6.08.